The monoisotopic (exact) mass is 398 g/mol. The summed E-state index contributed by atoms with van der Waals surface area (Å²) >= 11 is 1.12. The molecular formula is C16H22N4O4S2. The van der Waals surface area contributed by atoms with Crippen molar-refractivity contribution in [3.63, 3.8) is 0 Å². The Morgan fingerprint density at radius 3 is 2.77 bits per heavy atom. The lowest BCUT2D eigenvalue weighted by molar-refractivity contribution is 0.0190. The summed E-state index contributed by atoms with van der Waals surface area (Å²) in [6, 6.07) is 6.47. The minimum Gasteiger partial charge on any atom is -0.379 e. The standard InChI is InChI=1S/C16H22N4O4S2/c1-12(20-8-10-24-11-9-20)6-7-17-26(22,23)16-5-3-14(25-16)13-2-4-15(21)19-18-13/h2-5,12,17H,6-11H2,1H3,(H,19,21). The fourth-order valence-electron chi connectivity index (χ4n) is 2.76. The molecule has 1 saturated heterocycles. The van der Waals surface area contributed by atoms with Gasteiger partial charge in [0.25, 0.3) is 5.56 Å². The maximum Gasteiger partial charge on any atom is 0.264 e. The number of sulfonamides is 1. The van der Waals surface area contributed by atoms with E-state index in [0.717, 1.165) is 44.1 Å². The maximum absolute atomic E-state index is 12.5. The van der Waals surface area contributed by atoms with E-state index in [-0.39, 0.29) is 9.77 Å². The van der Waals surface area contributed by atoms with Crippen LogP contribution in [0.1, 0.15) is 13.3 Å². The molecule has 3 rings (SSSR count). The van der Waals surface area contributed by atoms with Crippen LogP contribution in [0.4, 0.5) is 0 Å². The Morgan fingerprint density at radius 2 is 2.08 bits per heavy atom. The number of aromatic nitrogens is 2. The lowest BCUT2D eigenvalue weighted by atomic mass is 10.2. The van der Waals surface area contributed by atoms with E-state index in [1.807, 2.05) is 0 Å². The van der Waals surface area contributed by atoms with Crippen LogP contribution >= 0.6 is 11.3 Å². The molecule has 8 nitrogen and oxygen atoms in total. The van der Waals surface area contributed by atoms with Crippen molar-refractivity contribution in [2.24, 2.45) is 0 Å². The summed E-state index contributed by atoms with van der Waals surface area (Å²) < 4.78 is 33.2. The average molecular weight is 399 g/mol. The van der Waals surface area contributed by atoms with Gasteiger partial charge in [-0.1, -0.05) is 0 Å². The molecule has 0 spiro atoms. The van der Waals surface area contributed by atoms with Crippen LogP contribution in [0, 0.1) is 0 Å². The first-order chi connectivity index (χ1) is 12.5. The van der Waals surface area contributed by atoms with Gasteiger partial charge in [0, 0.05) is 31.7 Å². The molecule has 1 aliphatic heterocycles. The summed E-state index contributed by atoms with van der Waals surface area (Å²) in [7, 11) is -3.56. The molecule has 1 aliphatic rings. The van der Waals surface area contributed by atoms with Gasteiger partial charge in [-0.2, -0.15) is 5.10 Å². The van der Waals surface area contributed by atoms with Crippen LogP contribution in [-0.2, 0) is 14.8 Å². The molecule has 0 aliphatic carbocycles. The van der Waals surface area contributed by atoms with E-state index in [1.54, 1.807) is 18.2 Å². The van der Waals surface area contributed by atoms with Crippen molar-refractivity contribution in [2.45, 2.75) is 23.6 Å². The molecule has 2 aromatic heterocycles. The second kappa shape index (κ2) is 8.40. The molecule has 142 valence electrons. The normalized spacial score (nSPS) is 17.3. The highest BCUT2D eigenvalue weighted by Crippen LogP contribution is 2.28. The zero-order valence-corrected chi connectivity index (χ0v) is 16.1. The molecule has 10 heteroatoms. The van der Waals surface area contributed by atoms with Crippen LogP contribution in [-0.4, -0.2) is 62.4 Å². The van der Waals surface area contributed by atoms with E-state index in [4.69, 9.17) is 4.74 Å². The van der Waals surface area contributed by atoms with Gasteiger partial charge in [-0.15, -0.1) is 11.3 Å². The largest absolute Gasteiger partial charge is 0.379 e. The first-order valence-electron chi connectivity index (χ1n) is 8.43. The second-order valence-corrected chi connectivity index (χ2v) is 9.19. The summed E-state index contributed by atoms with van der Waals surface area (Å²) in [6.45, 7) is 5.71. The van der Waals surface area contributed by atoms with Crippen molar-refractivity contribution < 1.29 is 13.2 Å². The van der Waals surface area contributed by atoms with Crippen LogP contribution in [0.5, 0.6) is 0 Å². The van der Waals surface area contributed by atoms with Crippen molar-refractivity contribution in [2.75, 3.05) is 32.8 Å². The van der Waals surface area contributed by atoms with E-state index < -0.39 is 10.0 Å². The van der Waals surface area contributed by atoms with Gasteiger partial charge in [0.15, 0.2) is 0 Å². The molecule has 2 aromatic rings. The van der Waals surface area contributed by atoms with E-state index in [0.29, 0.717) is 23.2 Å². The number of hydrogen-bond acceptors (Lipinski definition) is 7. The van der Waals surface area contributed by atoms with Gasteiger partial charge in [-0.3, -0.25) is 9.69 Å². The first kappa shape index (κ1) is 19.2. The molecule has 1 unspecified atom stereocenters. The van der Waals surface area contributed by atoms with Crippen molar-refractivity contribution in [3.05, 3.63) is 34.6 Å². The predicted molar refractivity (Wildman–Crippen MR) is 99.8 cm³/mol. The van der Waals surface area contributed by atoms with Gasteiger partial charge in [-0.05, 0) is 31.5 Å². The fourth-order valence-corrected chi connectivity index (χ4v) is 5.13. The quantitative estimate of drug-likeness (QED) is 0.718. The number of aromatic amines is 1. The van der Waals surface area contributed by atoms with Crippen LogP contribution in [0.3, 0.4) is 0 Å². The summed E-state index contributed by atoms with van der Waals surface area (Å²) in [5.74, 6) is 0. The van der Waals surface area contributed by atoms with Gasteiger partial charge in [-0.25, -0.2) is 18.2 Å². The molecule has 1 atom stereocenters. The molecular weight excluding hydrogens is 376 g/mol. The van der Waals surface area contributed by atoms with Gasteiger partial charge in [0.05, 0.1) is 18.1 Å². The first-order valence-corrected chi connectivity index (χ1v) is 10.7. The molecule has 26 heavy (non-hydrogen) atoms. The molecule has 2 N–H and O–H groups in total. The van der Waals surface area contributed by atoms with Crippen molar-refractivity contribution >= 4 is 21.4 Å². The fraction of sp³-hybridized carbons (Fsp3) is 0.500. The minimum absolute atomic E-state index is 0.236. The van der Waals surface area contributed by atoms with Crippen LogP contribution in [0.15, 0.2) is 33.3 Å². The Balaban J connectivity index is 1.58. The minimum atomic E-state index is -3.56. The summed E-state index contributed by atoms with van der Waals surface area (Å²) in [4.78, 5) is 14.1. The third kappa shape index (κ3) is 4.77. The highest BCUT2D eigenvalue weighted by molar-refractivity contribution is 7.91. The van der Waals surface area contributed by atoms with E-state index >= 15 is 0 Å². The number of rotatable bonds is 7. The molecule has 0 saturated carbocycles. The lowest BCUT2D eigenvalue weighted by Crippen LogP contribution is -2.43. The zero-order chi connectivity index (χ0) is 18.6. The van der Waals surface area contributed by atoms with Crippen LogP contribution in [0.2, 0.25) is 0 Å². The summed E-state index contributed by atoms with van der Waals surface area (Å²) in [5.41, 5.74) is 0.242. The molecule has 0 radical (unpaired) electrons. The molecule has 1 fully saturated rings. The average Bonchev–Trinajstić information content (AvgIpc) is 3.14. The van der Waals surface area contributed by atoms with Crippen LogP contribution in [0.25, 0.3) is 10.6 Å². The van der Waals surface area contributed by atoms with Gasteiger partial charge in [0.1, 0.15) is 9.90 Å². The van der Waals surface area contributed by atoms with Crippen molar-refractivity contribution in [3.8, 4) is 10.6 Å². The van der Waals surface area contributed by atoms with Gasteiger partial charge in [0.2, 0.25) is 10.0 Å². The maximum atomic E-state index is 12.5. The topological polar surface area (TPSA) is 104 Å². The number of nitrogens with zero attached hydrogens (tertiary/aromatic N) is 2. The number of morpholine rings is 1. The molecule has 0 bridgehead atoms. The van der Waals surface area contributed by atoms with E-state index in [2.05, 4.69) is 26.7 Å². The Labute approximate surface area is 156 Å². The molecule has 3 heterocycles. The number of nitrogens with one attached hydrogen (secondary N) is 2. The molecule has 0 aromatic carbocycles. The van der Waals surface area contributed by atoms with Crippen molar-refractivity contribution in [1.82, 2.24) is 19.8 Å². The van der Waals surface area contributed by atoms with Gasteiger partial charge < -0.3 is 4.74 Å². The SMILES string of the molecule is CC(CCNS(=O)(=O)c1ccc(-c2ccc(=O)[nH]n2)s1)N1CCOCC1. The summed E-state index contributed by atoms with van der Waals surface area (Å²) in [6.07, 6.45) is 0.735. The van der Waals surface area contributed by atoms with Gasteiger partial charge >= 0.3 is 0 Å². The third-order valence-corrected chi connectivity index (χ3v) is 7.36. The summed E-state index contributed by atoms with van der Waals surface area (Å²) in [5, 5.41) is 6.27. The Morgan fingerprint density at radius 1 is 1.31 bits per heavy atom. The number of ether oxygens (including phenoxy) is 1. The predicted octanol–water partition coefficient (Wildman–Crippen LogP) is 0.887. The Hall–Kier alpha value is -1.59. The lowest BCUT2D eigenvalue weighted by Gasteiger charge is -2.32. The highest BCUT2D eigenvalue weighted by atomic mass is 32.2. The highest BCUT2D eigenvalue weighted by Gasteiger charge is 2.20. The smallest absolute Gasteiger partial charge is 0.264 e. The Kier molecular flexibility index (Phi) is 6.20. The zero-order valence-electron chi connectivity index (χ0n) is 14.5. The Bertz CT molecular complexity index is 867. The van der Waals surface area contributed by atoms with Crippen LogP contribution < -0.4 is 10.3 Å². The number of hydrogen-bond donors (Lipinski definition) is 2. The number of H-pyrrole nitrogens is 1. The number of thiophene rings is 1. The second-order valence-electron chi connectivity index (χ2n) is 6.11. The van der Waals surface area contributed by atoms with E-state index in [9.17, 15) is 13.2 Å². The van der Waals surface area contributed by atoms with Crippen molar-refractivity contribution in [1.29, 1.82) is 0 Å². The van der Waals surface area contributed by atoms with E-state index in [1.165, 1.54) is 6.07 Å². The molecule has 0 amide bonds. The third-order valence-electron chi connectivity index (χ3n) is 4.30.